The third-order valence-corrected chi connectivity index (χ3v) is 6.10. The Morgan fingerprint density at radius 3 is 2.28 bits per heavy atom. The second-order valence-electron chi connectivity index (χ2n) is 5.34. The molecule has 0 saturated carbocycles. The Hall–Kier alpha value is -1.90. The first kappa shape index (κ1) is 19.4. The van der Waals surface area contributed by atoms with Gasteiger partial charge < -0.3 is 5.32 Å². The van der Waals surface area contributed by atoms with Crippen molar-refractivity contribution in [3.63, 3.8) is 0 Å². The van der Waals surface area contributed by atoms with Crippen LogP contribution in [0, 0.1) is 5.82 Å². The van der Waals surface area contributed by atoms with Crippen LogP contribution in [0.15, 0.2) is 58.3 Å². The van der Waals surface area contributed by atoms with E-state index in [0.29, 0.717) is 0 Å². The van der Waals surface area contributed by atoms with Crippen molar-refractivity contribution in [3.8, 4) is 0 Å². The van der Waals surface area contributed by atoms with Crippen LogP contribution in [0.3, 0.4) is 0 Å². The molecule has 1 amide bonds. The first-order valence-electron chi connectivity index (χ1n) is 7.44. The Balaban J connectivity index is 1.95. The van der Waals surface area contributed by atoms with Gasteiger partial charge in [0.2, 0.25) is 15.9 Å². The summed E-state index contributed by atoms with van der Waals surface area (Å²) in [6.45, 7) is -0.0940. The van der Waals surface area contributed by atoms with Gasteiger partial charge in [0.25, 0.3) is 0 Å². The zero-order valence-electron chi connectivity index (χ0n) is 13.9. The Kier molecular flexibility index (Phi) is 6.57. The number of hydrogen-bond acceptors (Lipinski definition) is 4. The van der Waals surface area contributed by atoms with E-state index in [9.17, 15) is 17.6 Å². The summed E-state index contributed by atoms with van der Waals surface area (Å²) < 4.78 is 38.8. The number of sulfonamides is 1. The van der Waals surface area contributed by atoms with Gasteiger partial charge >= 0.3 is 0 Å². The molecule has 2 aromatic rings. The monoisotopic (exact) mass is 382 g/mol. The van der Waals surface area contributed by atoms with Crippen molar-refractivity contribution >= 4 is 27.7 Å². The molecule has 8 heteroatoms. The lowest BCUT2D eigenvalue weighted by Crippen LogP contribution is -2.38. The maximum absolute atomic E-state index is 12.8. The number of rotatable bonds is 7. The Labute approximate surface area is 151 Å². The second-order valence-corrected chi connectivity index (χ2v) is 8.26. The molecule has 0 atom stereocenters. The van der Waals surface area contributed by atoms with Gasteiger partial charge in [-0.2, -0.15) is 4.31 Å². The maximum atomic E-state index is 12.8. The molecule has 0 aliphatic rings. The fraction of sp³-hybridized carbons (Fsp3) is 0.235. The van der Waals surface area contributed by atoms with Crippen molar-refractivity contribution < 1.29 is 17.6 Å². The summed E-state index contributed by atoms with van der Waals surface area (Å²) in [6, 6.07) is 12.2. The van der Waals surface area contributed by atoms with Crippen LogP contribution in [0.1, 0.15) is 5.56 Å². The van der Waals surface area contributed by atoms with Crippen LogP contribution in [0.2, 0.25) is 0 Å². The molecule has 0 radical (unpaired) electrons. The number of halogens is 1. The average Bonchev–Trinajstić information content (AvgIpc) is 2.61. The Bertz CT molecular complexity index is 822. The van der Waals surface area contributed by atoms with E-state index in [2.05, 4.69) is 5.32 Å². The standard InChI is InChI=1S/C17H19FN2O3S2/c1-20(25(22,23)16-9-7-15(24-2)8-10-16)12-17(21)19-11-13-3-5-14(18)6-4-13/h3-10H,11-12H2,1-2H3,(H,19,21). The van der Waals surface area contributed by atoms with Crippen LogP contribution in [0.25, 0.3) is 0 Å². The van der Waals surface area contributed by atoms with E-state index in [-0.39, 0.29) is 23.8 Å². The highest BCUT2D eigenvalue weighted by Crippen LogP contribution is 2.19. The first-order chi connectivity index (χ1) is 11.8. The van der Waals surface area contributed by atoms with E-state index in [4.69, 9.17) is 0 Å². The highest BCUT2D eigenvalue weighted by Gasteiger charge is 2.22. The average molecular weight is 382 g/mol. The van der Waals surface area contributed by atoms with Gasteiger partial charge in [-0.25, -0.2) is 12.8 Å². The van der Waals surface area contributed by atoms with Crippen molar-refractivity contribution in [2.75, 3.05) is 19.8 Å². The molecule has 1 N–H and O–H groups in total. The topological polar surface area (TPSA) is 66.5 Å². The number of carbonyl (C=O) groups is 1. The number of thioether (sulfide) groups is 1. The number of likely N-dealkylation sites (N-methyl/N-ethyl adjacent to an activating group) is 1. The molecule has 2 rings (SSSR count). The maximum Gasteiger partial charge on any atom is 0.243 e. The molecule has 0 unspecified atom stereocenters. The summed E-state index contributed by atoms with van der Waals surface area (Å²) in [5.74, 6) is -0.787. The van der Waals surface area contributed by atoms with Crippen LogP contribution in [-0.2, 0) is 21.4 Å². The second kappa shape index (κ2) is 8.46. The molecule has 0 aromatic heterocycles. The largest absolute Gasteiger partial charge is 0.351 e. The smallest absolute Gasteiger partial charge is 0.243 e. The molecule has 0 aliphatic carbocycles. The SMILES string of the molecule is CSc1ccc(S(=O)(=O)N(C)CC(=O)NCc2ccc(F)cc2)cc1. The minimum atomic E-state index is -3.73. The number of amides is 1. The van der Waals surface area contributed by atoms with Crippen LogP contribution in [0.5, 0.6) is 0 Å². The molecular formula is C17H19FN2O3S2. The van der Waals surface area contributed by atoms with Crippen LogP contribution >= 0.6 is 11.8 Å². The molecule has 134 valence electrons. The number of benzene rings is 2. The lowest BCUT2D eigenvalue weighted by Gasteiger charge is -2.17. The summed E-state index contributed by atoms with van der Waals surface area (Å²) in [4.78, 5) is 13.1. The lowest BCUT2D eigenvalue weighted by atomic mass is 10.2. The van der Waals surface area contributed by atoms with E-state index in [1.165, 1.54) is 43.1 Å². The quantitative estimate of drug-likeness (QED) is 0.747. The Morgan fingerprint density at radius 2 is 1.72 bits per heavy atom. The third-order valence-electron chi connectivity index (χ3n) is 3.54. The zero-order chi connectivity index (χ0) is 18.4. The van der Waals surface area contributed by atoms with Crippen molar-refractivity contribution in [1.82, 2.24) is 9.62 Å². The van der Waals surface area contributed by atoms with E-state index < -0.39 is 15.9 Å². The number of nitrogens with one attached hydrogen (secondary N) is 1. The van der Waals surface area contributed by atoms with Crippen molar-refractivity contribution in [2.24, 2.45) is 0 Å². The predicted molar refractivity (Wildman–Crippen MR) is 96.3 cm³/mol. The molecule has 5 nitrogen and oxygen atoms in total. The highest BCUT2D eigenvalue weighted by atomic mass is 32.2. The van der Waals surface area contributed by atoms with Crippen LogP contribution < -0.4 is 5.32 Å². The van der Waals surface area contributed by atoms with Crippen molar-refractivity contribution in [3.05, 3.63) is 59.9 Å². The first-order valence-corrected chi connectivity index (χ1v) is 10.1. The molecule has 0 aliphatic heterocycles. The molecule has 25 heavy (non-hydrogen) atoms. The van der Waals surface area contributed by atoms with Gasteiger partial charge in [0.05, 0.1) is 11.4 Å². The number of nitrogens with zero attached hydrogens (tertiary/aromatic N) is 1. The minimum Gasteiger partial charge on any atom is -0.351 e. The molecular weight excluding hydrogens is 363 g/mol. The predicted octanol–water partition coefficient (Wildman–Crippen LogP) is 2.48. The van der Waals surface area contributed by atoms with E-state index >= 15 is 0 Å². The van der Waals surface area contributed by atoms with Gasteiger partial charge in [0.1, 0.15) is 5.82 Å². The molecule has 0 heterocycles. The van der Waals surface area contributed by atoms with Crippen LogP contribution in [-0.4, -0.2) is 38.5 Å². The normalized spacial score (nSPS) is 11.5. The van der Waals surface area contributed by atoms with Gasteiger partial charge in [-0.05, 0) is 48.2 Å². The number of carbonyl (C=O) groups excluding carboxylic acids is 1. The summed E-state index contributed by atoms with van der Waals surface area (Å²) in [7, 11) is -2.38. The summed E-state index contributed by atoms with van der Waals surface area (Å²) in [5, 5.41) is 2.62. The number of hydrogen-bond donors (Lipinski definition) is 1. The van der Waals surface area contributed by atoms with E-state index in [1.54, 1.807) is 24.3 Å². The van der Waals surface area contributed by atoms with Gasteiger partial charge in [0, 0.05) is 18.5 Å². The highest BCUT2D eigenvalue weighted by molar-refractivity contribution is 7.98. The van der Waals surface area contributed by atoms with Gasteiger partial charge in [-0.1, -0.05) is 12.1 Å². The molecule has 2 aromatic carbocycles. The third kappa shape index (κ3) is 5.29. The summed E-state index contributed by atoms with van der Waals surface area (Å²) in [5.41, 5.74) is 0.730. The molecule has 0 bridgehead atoms. The molecule has 0 fully saturated rings. The van der Waals surface area contributed by atoms with E-state index in [0.717, 1.165) is 14.8 Å². The minimum absolute atomic E-state index is 0.138. The molecule has 0 spiro atoms. The van der Waals surface area contributed by atoms with Crippen molar-refractivity contribution in [2.45, 2.75) is 16.3 Å². The van der Waals surface area contributed by atoms with E-state index in [1.807, 2.05) is 6.26 Å². The van der Waals surface area contributed by atoms with Gasteiger partial charge in [-0.3, -0.25) is 4.79 Å². The van der Waals surface area contributed by atoms with Crippen molar-refractivity contribution in [1.29, 1.82) is 0 Å². The summed E-state index contributed by atoms with van der Waals surface area (Å²) >= 11 is 1.52. The van der Waals surface area contributed by atoms with Gasteiger partial charge in [-0.15, -0.1) is 11.8 Å². The fourth-order valence-electron chi connectivity index (χ4n) is 2.07. The molecule has 0 saturated heterocycles. The summed E-state index contributed by atoms with van der Waals surface area (Å²) in [6.07, 6.45) is 1.90. The Morgan fingerprint density at radius 1 is 1.12 bits per heavy atom. The zero-order valence-corrected chi connectivity index (χ0v) is 15.5. The lowest BCUT2D eigenvalue weighted by molar-refractivity contribution is -0.121. The fourth-order valence-corrected chi connectivity index (χ4v) is 3.61. The van der Waals surface area contributed by atoms with Gasteiger partial charge in [0.15, 0.2) is 0 Å². The van der Waals surface area contributed by atoms with Crippen LogP contribution in [0.4, 0.5) is 4.39 Å².